The Bertz CT molecular complexity index is 400. The summed E-state index contributed by atoms with van der Waals surface area (Å²) in [5, 5.41) is 9.62. The SMILES string of the molecule is CC(O)c1ccccc1C1=CC=CC1.[Cl-].[Cl-].[Ti+2]. The monoisotopic (exact) mass is 304 g/mol. The van der Waals surface area contributed by atoms with Crippen LogP contribution in [0, 0.1) is 0 Å². The van der Waals surface area contributed by atoms with Crippen LogP contribution in [0.25, 0.3) is 5.57 Å². The van der Waals surface area contributed by atoms with Gasteiger partial charge in [0.1, 0.15) is 0 Å². The van der Waals surface area contributed by atoms with Crippen LogP contribution >= 0.6 is 0 Å². The first kappa shape index (κ1) is 19.3. The van der Waals surface area contributed by atoms with Crippen molar-refractivity contribution < 1.29 is 51.6 Å². The van der Waals surface area contributed by atoms with E-state index >= 15 is 0 Å². The van der Waals surface area contributed by atoms with Crippen molar-refractivity contribution >= 4 is 5.57 Å². The van der Waals surface area contributed by atoms with Gasteiger partial charge in [-0.3, -0.25) is 0 Å². The number of allylic oxidation sites excluding steroid dienone is 4. The fourth-order valence-electron chi connectivity index (χ4n) is 1.80. The summed E-state index contributed by atoms with van der Waals surface area (Å²) >= 11 is 0. The van der Waals surface area contributed by atoms with Gasteiger partial charge in [-0.2, -0.15) is 0 Å². The van der Waals surface area contributed by atoms with Gasteiger partial charge in [0.15, 0.2) is 0 Å². The topological polar surface area (TPSA) is 20.2 Å². The second-order valence-corrected chi connectivity index (χ2v) is 3.59. The Morgan fingerprint density at radius 1 is 1.18 bits per heavy atom. The van der Waals surface area contributed by atoms with Crippen molar-refractivity contribution in [3.05, 3.63) is 53.6 Å². The van der Waals surface area contributed by atoms with Crippen LogP contribution in [0.1, 0.15) is 30.6 Å². The molecule has 1 atom stereocenters. The molecule has 0 fully saturated rings. The van der Waals surface area contributed by atoms with Crippen LogP contribution < -0.4 is 24.8 Å². The maximum atomic E-state index is 9.62. The van der Waals surface area contributed by atoms with Crippen molar-refractivity contribution in [2.45, 2.75) is 19.4 Å². The number of aliphatic hydroxyl groups excluding tert-OH is 1. The molecule has 1 aliphatic carbocycles. The van der Waals surface area contributed by atoms with E-state index in [-0.39, 0.29) is 46.5 Å². The second kappa shape index (κ2) is 8.96. The molecule has 0 bridgehead atoms. The fraction of sp³-hybridized carbons (Fsp3) is 0.231. The number of halogens is 2. The van der Waals surface area contributed by atoms with E-state index < -0.39 is 6.10 Å². The predicted octanol–water partition coefficient (Wildman–Crippen LogP) is -2.91. The average Bonchev–Trinajstić information content (AvgIpc) is 2.70. The molecule has 1 nitrogen and oxygen atoms in total. The van der Waals surface area contributed by atoms with Crippen molar-refractivity contribution in [3.8, 4) is 0 Å². The van der Waals surface area contributed by atoms with Gasteiger partial charge in [-0.15, -0.1) is 0 Å². The first-order chi connectivity index (χ1) is 6.79. The first-order valence-corrected chi connectivity index (χ1v) is 4.92. The number of aliphatic hydroxyl groups is 1. The van der Waals surface area contributed by atoms with Gasteiger partial charge >= 0.3 is 21.7 Å². The largest absolute Gasteiger partial charge is 2.00 e. The summed E-state index contributed by atoms with van der Waals surface area (Å²) in [5.74, 6) is 0. The third-order valence-electron chi connectivity index (χ3n) is 2.53. The standard InChI is InChI=1S/C13H14O.2ClH.Ti/c1-10(14)12-8-4-5-9-13(12)11-6-2-3-7-11;;;/h2-6,8-10,14H,7H2,1H3;2*1H;/q;;;+2/p-2. The molecule has 0 amide bonds. The summed E-state index contributed by atoms with van der Waals surface area (Å²) in [6, 6.07) is 8.04. The third-order valence-corrected chi connectivity index (χ3v) is 2.53. The molecular formula is C13H14Cl2OTi. The van der Waals surface area contributed by atoms with E-state index in [1.807, 2.05) is 25.1 Å². The summed E-state index contributed by atoms with van der Waals surface area (Å²) in [6.07, 6.45) is 6.89. The molecule has 0 aromatic heterocycles. The molecule has 0 heterocycles. The van der Waals surface area contributed by atoms with Crippen LogP contribution in [0.2, 0.25) is 0 Å². The Morgan fingerprint density at radius 2 is 1.82 bits per heavy atom. The molecule has 0 radical (unpaired) electrons. The normalized spacial score (nSPS) is 13.9. The van der Waals surface area contributed by atoms with Gasteiger partial charge in [0.25, 0.3) is 0 Å². The zero-order chi connectivity index (χ0) is 9.97. The quantitative estimate of drug-likeness (QED) is 0.581. The van der Waals surface area contributed by atoms with Crippen LogP contribution in [-0.2, 0) is 21.7 Å². The van der Waals surface area contributed by atoms with Gasteiger partial charge in [0.2, 0.25) is 0 Å². The Labute approximate surface area is 130 Å². The van der Waals surface area contributed by atoms with Gasteiger partial charge in [-0.05, 0) is 30.0 Å². The maximum Gasteiger partial charge on any atom is 2.00 e. The third kappa shape index (κ3) is 4.61. The van der Waals surface area contributed by atoms with Crippen molar-refractivity contribution in [2.24, 2.45) is 0 Å². The molecular weight excluding hydrogens is 291 g/mol. The molecule has 1 unspecified atom stereocenters. The Hall–Kier alpha value is -0.0457. The van der Waals surface area contributed by atoms with E-state index in [9.17, 15) is 5.11 Å². The van der Waals surface area contributed by atoms with Gasteiger partial charge < -0.3 is 29.9 Å². The Kier molecular flexibility index (Phi) is 10.2. The molecule has 0 aliphatic heterocycles. The zero-order valence-electron chi connectivity index (χ0n) is 9.53. The molecule has 1 N–H and O–H groups in total. The van der Waals surface area contributed by atoms with E-state index in [0.29, 0.717) is 0 Å². The summed E-state index contributed by atoms with van der Waals surface area (Å²) < 4.78 is 0. The Morgan fingerprint density at radius 3 is 2.35 bits per heavy atom. The number of hydrogen-bond acceptors (Lipinski definition) is 1. The Balaban J connectivity index is 0. The summed E-state index contributed by atoms with van der Waals surface area (Å²) in [7, 11) is 0. The molecule has 90 valence electrons. The minimum atomic E-state index is -0.396. The van der Waals surface area contributed by atoms with E-state index in [0.717, 1.165) is 12.0 Å². The van der Waals surface area contributed by atoms with Crippen LogP contribution in [-0.4, -0.2) is 5.11 Å². The van der Waals surface area contributed by atoms with Crippen LogP contribution in [0.5, 0.6) is 0 Å². The zero-order valence-corrected chi connectivity index (χ0v) is 12.6. The summed E-state index contributed by atoms with van der Waals surface area (Å²) in [4.78, 5) is 0. The van der Waals surface area contributed by atoms with Crippen LogP contribution in [0.3, 0.4) is 0 Å². The van der Waals surface area contributed by atoms with Gasteiger partial charge in [0.05, 0.1) is 6.10 Å². The van der Waals surface area contributed by atoms with E-state index in [2.05, 4.69) is 24.3 Å². The second-order valence-electron chi connectivity index (χ2n) is 3.59. The molecule has 1 aliphatic rings. The summed E-state index contributed by atoms with van der Waals surface area (Å²) in [6.45, 7) is 1.81. The number of hydrogen-bond donors (Lipinski definition) is 1. The van der Waals surface area contributed by atoms with Crippen molar-refractivity contribution in [1.29, 1.82) is 0 Å². The molecule has 1 aromatic carbocycles. The first-order valence-electron chi connectivity index (χ1n) is 4.92. The molecule has 0 spiro atoms. The van der Waals surface area contributed by atoms with Crippen molar-refractivity contribution in [3.63, 3.8) is 0 Å². The van der Waals surface area contributed by atoms with Gasteiger partial charge in [-0.1, -0.05) is 42.5 Å². The number of benzene rings is 1. The minimum absolute atomic E-state index is 0. The molecule has 1 aromatic rings. The molecule has 0 saturated carbocycles. The molecule has 2 rings (SSSR count). The number of rotatable bonds is 2. The molecule has 4 heteroatoms. The molecule has 17 heavy (non-hydrogen) atoms. The van der Waals surface area contributed by atoms with Gasteiger partial charge in [0, 0.05) is 0 Å². The van der Waals surface area contributed by atoms with Crippen molar-refractivity contribution in [1.82, 2.24) is 0 Å². The van der Waals surface area contributed by atoms with Crippen LogP contribution in [0.4, 0.5) is 0 Å². The maximum absolute atomic E-state index is 9.62. The minimum Gasteiger partial charge on any atom is -1.00 e. The fourth-order valence-corrected chi connectivity index (χ4v) is 1.80. The van der Waals surface area contributed by atoms with E-state index in [1.54, 1.807) is 0 Å². The van der Waals surface area contributed by atoms with E-state index in [4.69, 9.17) is 0 Å². The predicted molar refractivity (Wildman–Crippen MR) is 58.8 cm³/mol. The van der Waals surface area contributed by atoms with Crippen molar-refractivity contribution in [2.75, 3.05) is 0 Å². The molecule has 0 saturated heterocycles. The smallest absolute Gasteiger partial charge is 1.00 e. The van der Waals surface area contributed by atoms with Gasteiger partial charge in [-0.25, -0.2) is 0 Å². The van der Waals surface area contributed by atoms with E-state index in [1.165, 1.54) is 11.1 Å². The van der Waals surface area contributed by atoms with Crippen LogP contribution in [0.15, 0.2) is 42.5 Å². The average molecular weight is 305 g/mol. The summed E-state index contributed by atoms with van der Waals surface area (Å²) in [5.41, 5.74) is 3.48.